The molecule has 0 atom stereocenters. The number of hydrogen-bond acceptors (Lipinski definition) is 3. The van der Waals surface area contributed by atoms with Crippen LogP contribution in [0.1, 0.15) is 0 Å². The van der Waals surface area contributed by atoms with Crippen LogP contribution in [0.2, 0.25) is 0 Å². The maximum absolute atomic E-state index is 6.65. The predicted molar refractivity (Wildman–Crippen MR) is 296 cm³/mol. The second-order valence-electron chi connectivity index (χ2n) is 17.9. The highest BCUT2D eigenvalue weighted by Gasteiger charge is 2.23. The molecule has 1 aliphatic rings. The van der Waals surface area contributed by atoms with Gasteiger partial charge in [0.15, 0.2) is 0 Å². The summed E-state index contributed by atoms with van der Waals surface area (Å²) in [7, 11) is 0. The molecule has 2 heterocycles. The predicted octanol–water partition coefficient (Wildman–Crippen LogP) is 19.5. The number of ether oxygens (including phenoxy) is 1. The first-order valence-corrected chi connectivity index (χ1v) is 24.4. The lowest BCUT2D eigenvalue weighted by Gasteiger charge is -2.27. The topological polar surface area (TPSA) is 12.5 Å². The highest BCUT2D eigenvalue weighted by Crippen LogP contribution is 2.50. The molecule has 12 aromatic carbocycles. The zero-order chi connectivity index (χ0) is 45.4. The number of benzene rings is 11. The first kappa shape index (κ1) is 39.4. The van der Waals surface area contributed by atoms with Crippen molar-refractivity contribution in [3.63, 3.8) is 0 Å². The quantitative estimate of drug-likeness (QED) is 0.175. The second kappa shape index (κ2) is 16.0. The van der Waals surface area contributed by atoms with E-state index in [-0.39, 0.29) is 0 Å². The fourth-order valence-corrected chi connectivity index (χ4v) is 12.0. The first-order valence-electron chi connectivity index (χ1n) is 23.6. The number of fused-ring (bicyclic) bond motifs is 18. The van der Waals surface area contributed by atoms with Crippen molar-refractivity contribution >= 4 is 102 Å². The largest absolute Gasteiger partial charge is 0.456 e. The average molecular weight is 896 g/mol. The molecule has 69 heavy (non-hydrogen) atoms. The molecule has 0 saturated carbocycles. The van der Waals surface area contributed by atoms with E-state index in [9.17, 15) is 0 Å². The second-order valence-corrected chi connectivity index (χ2v) is 19.0. The highest BCUT2D eigenvalue weighted by atomic mass is 32.1. The zero-order valence-electron chi connectivity index (χ0n) is 37.4. The van der Waals surface area contributed by atoms with Gasteiger partial charge in [-0.05, 0) is 143 Å². The third-order valence-electron chi connectivity index (χ3n) is 14.1. The van der Waals surface area contributed by atoms with Crippen molar-refractivity contribution in [3.8, 4) is 44.9 Å². The lowest BCUT2D eigenvalue weighted by molar-refractivity contribution is 0.488. The smallest absolute Gasteiger partial charge is 0.135 e. The van der Waals surface area contributed by atoms with E-state index in [0.717, 1.165) is 50.8 Å². The van der Waals surface area contributed by atoms with Crippen LogP contribution in [0.15, 0.2) is 249 Å². The summed E-state index contributed by atoms with van der Waals surface area (Å²) in [6.45, 7) is 0. The molecule has 1 aromatic heterocycles. The molecule has 1 aliphatic heterocycles. The molecule has 0 bridgehead atoms. The number of anilines is 3. The lowest BCUT2D eigenvalue weighted by Crippen LogP contribution is -2.10. The molecule has 14 rings (SSSR count). The molecule has 0 radical (unpaired) electrons. The first-order chi connectivity index (χ1) is 34.2. The van der Waals surface area contributed by atoms with E-state index in [0.29, 0.717) is 0 Å². The molecule has 2 nitrogen and oxygen atoms in total. The normalized spacial score (nSPS) is 11.9. The summed E-state index contributed by atoms with van der Waals surface area (Å²) in [6.07, 6.45) is 0. The Kier molecular flexibility index (Phi) is 9.11. The van der Waals surface area contributed by atoms with Crippen molar-refractivity contribution in [3.05, 3.63) is 249 Å². The minimum absolute atomic E-state index is 0.845. The van der Waals surface area contributed by atoms with Crippen LogP contribution in [0, 0.1) is 0 Å². The van der Waals surface area contributed by atoms with Crippen LogP contribution in [0.25, 0.3) is 107 Å². The van der Waals surface area contributed by atoms with Crippen molar-refractivity contribution in [2.24, 2.45) is 0 Å². The molecule has 0 saturated heterocycles. The van der Waals surface area contributed by atoms with Crippen molar-refractivity contribution in [2.75, 3.05) is 4.90 Å². The van der Waals surface area contributed by atoms with E-state index in [1.807, 2.05) is 17.4 Å². The molecular weight excluding hydrogens is 855 g/mol. The van der Waals surface area contributed by atoms with Gasteiger partial charge in [-0.25, -0.2) is 0 Å². The Labute approximate surface area is 403 Å². The van der Waals surface area contributed by atoms with Gasteiger partial charge in [0.2, 0.25) is 0 Å². The summed E-state index contributed by atoms with van der Waals surface area (Å²) in [5.41, 5.74) is 9.94. The number of hydrogen-bond donors (Lipinski definition) is 0. The maximum Gasteiger partial charge on any atom is 0.135 e. The minimum atomic E-state index is 0.845. The molecule has 3 heteroatoms. The van der Waals surface area contributed by atoms with E-state index in [2.05, 4.69) is 248 Å². The Balaban J connectivity index is 1.11. The van der Waals surface area contributed by atoms with Crippen molar-refractivity contribution in [2.45, 2.75) is 0 Å². The fourth-order valence-electron chi connectivity index (χ4n) is 10.9. The standard InChI is InChI=1S/C66H41NOS/c1-2-16-42(17-3-1)43-30-32-44(33-31-43)67(46-34-36-53-55-24-10-13-27-63(55)68-64-28-14-11-25-56(64)59(53)39-46)45-35-37-54-58(38-45)51-22-8-6-20-49(51)47-18-4-5-19-48(47)50-21-7-9-23-52(50)60-40-62-57-26-12-15-29-65(57)69-66(62)41-61(54)60/h1-41H. The number of thiophene rings is 1. The molecular formula is C66H41NOS. The number of para-hydroxylation sites is 2. The summed E-state index contributed by atoms with van der Waals surface area (Å²) in [5.74, 6) is 1.70. The van der Waals surface area contributed by atoms with Crippen LogP contribution in [0.4, 0.5) is 17.1 Å². The molecule has 0 unspecified atom stereocenters. The molecule has 0 spiro atoms. The SMILES string of the molecule is c1ccc(-c2ccc(N(c3ccc4c(c3)-c3ccccc3Oc3ccccc3-4)c3ccc4c(c3)c3ccccc3c3ccccc3c3ccccc3c3cc5c(cc43)sc3ccccc35)cc2)cc1. The van der Waals surface area contributed by atoms with Crippen molar-refractivity contribution in [1.29, 1.82) is 0 Å². The monoisotopic (exact) mass is 895 g/mol. The van der Waals surface area contributed by atoms with E-state index in [4.69, 9.17) is 4.74 Å². The third kappa shape index (κ3) is 6.47. The van der Waals surface area contributed by atoms with Crippen LogP contribution in [0.5, 0.6) is 11.5 Å². The van der Waals surface area contributed by atoms with Gasteiger partial charge >= 0.3 is 0 Å². The van der Waals surface area contributed by atoms with E-state index in [1.165, 1.54) is 85.2 Å². The summed E-state index contributed by atoms with van der Waals surface area (Å²) in [6, 6.07) is 91.2. The summed E-state index contributed by atoms with van der Waals surface area (Å²) in [4.78, 5) is 2.43. The fraction of sp³-hybridized carbons (Fsp3) is 0. The average Bonchev–Trinajstić information content (AvgIpc) is 3.72. The maximum atomic E-state index is 6.65. The molecule has 322 valence electrons. The Bertz CT molecular complexity index is 4280. The molecule has 0 N–H and O–H groups in total. The highest BCUT2D eigenvalue weighted by molar-refractivity contribution is 7.25. The molecule has 13 aromatic rings. The van der Waals surface area contributed by atoms with Crippen LogP contribution in [-0.4, -0.2) is 0 Å². The van der Waals surface area contributed by atoms with Crippen LogP contribution < -0.4 is 9.64 Å². The van der Waals surface area contributed by atoms with E-state index in [1.54, 1.807) is 0 Å². The van der Waals surface area contributed by atoms with Gasteiger partial charge in [0.1, 0.15) is 11.5 Å². The number of nitrogens with zero attached hydrogens (tertiary/aromatic N) is 1. The van der Waals surface area contributed by atoms with Gasteiger partial charge in [-0.15, -0.1) is 11.3 Å². The number of rotatable bonds is 4. The van der Waals surface area contributed by atoms with Gasteiger partial charge < -0.3 is 9.64 Å². The Hall–Kier alpha value is -8.76. The van der Waals surface area contributed by atoms with Crippen LogP contribution >= 0.6 is 11.3 Å². The summed E-state index contributed by atoms with van der Waals surface area (Å²) in [5, 5.41) is 14.7. The Morgan fingerprint density at radius 3 is 1.35 bits per heavy atom. The lowest BCUT2D eigenvalue weighted by atomic mass is 9.93. The third-order valence-corrected chi connectivity index (χ3v) is 15.2. The molecule has 0 fully saturated rings. The van der Waals surface area contributed by atoms with E-state index < -0.39 is 0 Å². The van der Waals surface area contributed by atoms with Gasteiger partial charge in [0, 0.05) is 48.4 Å². The van der Waals surface area contributed by atoms with Crippen molar-refractivity contribution < 1.29 is 4.74 Å². The molecule has 0 amide bonds. The van der Waals surface area contributed by atoms with Gasteiger partial charge in [-0.2, -0.15) is 0 Å². The molecule has 0 aliphatic carbocycles. The van der Waals surface area contributed by atoms with Gasteiger partial charge in [0.25, 0.3) is 0 Å². The van der Waals surface area contributed by atoms with Crippen molar-refractivity contribution in [1.82, 2.24) is 0 Å². The summed E-state index contributed by atoms with van der Waals surface area (Å²) < 4.78 is 9.23. The van der Waals surface area contributed by atoms with Crippen LogP contribution in [-0.2, 0) is 0 Å². The van der Waals surface area contributed by atoms with Gasteiger partial charge in [-0.3, -0.25) is 0 Å². The minimum Gasteiger partial charge on any atom is -0.456 e. The zero-order valence-corrected chi connectivity index (χ0v) is 38.3. The van der Waals surface area contributed by atoms with Gasteiger partial charge in [-0.1, -0.05) is 182 Å². The Morgan fingerprint density at radius 1 is 0.246 bits per heavy atom. The van der Waals surface area contributed by atoms with Gasteiger partial charge in [0.05, 0.1) is 0 Å². The summed E-state index contributed by atoms with van der Waals surface area (Å²) >= 11 is 1.87. The van der Waals surface area contributed by atoms with Crippen LogP contribution in [0.3, 0.4) is 0 Å². The Morgan fingerprint density at radius 2 is 0.696 bits per heavy atom. The van der Waals surface area contributed by atoms with E-state index >= 15 is 0 Å².